The van der Waals surface area contributed by atoms with Gasteiger partial charge in [0.15, 0.2) is 11.5 Å². The maximum atomic E-state index is 9.23. The Morgan fingerprint density at radius 1 is 1.31 bits per heavy atom. The number of aryl methyl sites for hydroxylation is 1. The zero-order chi connectivity index (χ0) is 12.1. The van der Waals surface area contributed by atoms with Crippen LogP contribution in [0.2, 0.25) is 5.02 Å². The second kappa shape index (κ2) is 5.97. The molecule has 0 fully saturated rings. The van der Waals surface area contributed by atoms with Crippen LogP contribution in [0.1, 0.15) is 18.9 Å². The van der Waals surface area contributed by atoms with Gasteiger partial charge in [-0.3, -0.25) is 0 Å². The molecule has 16 heavy (non-hydrogen) atoms. The number of methoxy groups -OCH3 is 2. The van der Waals surface area contributed by atoms with Crippen molar-refractivity contribution in [3.05, 3.63) is 22.7 Å². The standard InChI is InChI=1S/C12H17ClO3/c1-8(14)4-5-9-6-7-10(15-2)12(16-3)11(9)13/h6-8,14H,4-5H2,1-3H3/t8-/m1/s1. The molecule has 0 unspecified atom stereocenters. The first-order valence-electron chi connectivity index (χ1n) is 5.17. The van der Waals surface area contributed by atoms with Crippen LogP contribution in [0.5, 0.6) is 11.5 Å². The first-order chi connectivity index (χ1) is 7.60. The van der Waals surface area contributed by atoms with Gasteiger partial charge in [-0.25, -0.2) is 0 Å². The molecule has 0 aromatic heterocycles. The number of aliphatic hydroxyl groups excluding tert-OH is 1. The molecule has 90 valence electrons. The van der Waals surface area contributed by atoms with Gasteiger partial charge in [0.05, 0.1) is 25.3 Å². The topological polar surface area (TPSA) is 38.7 Å². The molecule has 1 N–H and O–H groups in total. The number of halogens is 1. The molecule has 4 heteroatoms. The lowest BCUT2D eigenvalue weighted by Crippen LogP contribution is -2.02. The van der Waals surface area contributed by atoms with Crippen molar-refractivity contribution in [3.8, 4) is 11.5 Å². The highest BCUT2D eigenvalue weighted by Crippen LogP contribution is 2.37. The van der Waals surface area contributed by atoms with Gasteiger partial charge in [-0.15, -0.1) is 0 Å². The summed E-state index contributed by atoms with van der Waals surface area (Å²) < 4.78 is 10.3. The molecule has 0 aliphatic heterocycles. The predicted octanol–water partition coefficient (Wildman–Crippen LogP) is 2.67. The fourth-order valence-electron chi connectivity index (χ4n) is 1.49. The Labute approximate surface area is 101 Å². The molecule has 0 saturated carbocycles. The van der Waals surface area contributed by atoms with Crippen molar-refractivity contribution in [1.29, 1.82) is 0 Å². The minimum atomic E-state index is -0.329. The van der Waals surface area contributed by atoms with Crippen molar-refractivity contribution < 1.29 is 14.6 Å². The van der Waals surface area contributed by atoms with Gasteiger partial charge >= 0.3 is 0 Å². The average molecular weight is 245 g/mol. The van der Waals surface area contributed by atoms with E-state index < -0.39 is 0 Å². The molecule has 0 amide bonds. The average Bonchev–Trinajstić information content (AvgIpc) is 2.26. The molecule has 1 aromatic carbocycles. The van der Waals surface area contributed by atoms with E-state index in [1.54, 1.807) is 21.1 Å². The summed E-state index contributed by atoms with van der Waals surface area (Å²) in [7, 11) is 3.13. The lowest BCUT2D eigenvalue weighted by atomic mass is 10.1. The zero-order valence-corrected chi connectivity index (χ0v) is 10.5. The van der Waals surface area contributed by atoms with Crippen LogP contribution in [0, 0.1) is 0 Å². The third-order valence-electron chi connectivity index (χ3n) is 2.40. The summed E-state index contributed by atoms with van der Waals surface area (Å²) in [4.78, 5) is 0. The number of benzene rings is 1. The molecule has 1 rings (SSSR count). The highest BCUT2D eigenvalue weighted by atomic mass is 35.5. The van der Waals surface area contributed by atoms with Crippen LogP contribution >= 0.6 is 11.6 Å². The fraction of sp³-hybridized carbons (Fsp3) is 0.500. The summed E-state index contributed by atoms with van der Waals surface area (Å²) in [6.45, 7) is 1.76. The number of rotatable bonds is 5. The molecule has 0 heterocycles. The van der Waals surface area contributed by atoms with E-state index in [4.69, 9.17) is 21.1 Å². The van der Waals surface area contributed by atoms with E-state index in [1.807, 2.05) is 12.1 Å². The van der Waals surface area contributed by atoms with Crippen LogP contribution in [0.15, 0.2) is 12.1 Å². The Morgan fingerprint density at radius 2 is 2.00 bits per heavy atom. The Hall–Kier alpha value is -0.930. The summed E-state index contributed by atoms with van der Waals surface area (Å²) in [5.41, 5.74) is 0.959. The lowest BCUT2D eigenvalue weighted by molar-refractivity contribution is 0.185. The zero-order valence-electron chi connectivity index (χ0n) is 9.79. The summed E-state index contributed by atoms with van der Waals surface area (Å²) in [6.07, 6.45) is 1.07. The molecule has 0 aliphatic carbocycles. The molecule has 0 spiro atoms. The molecular formula is C12H17ClO3. The van der Waals surface area contributed by atoms with Gasteiger partial charge in [0.1, 0.15) is 0 Å². The Kier molecular flexibility index (Phi) is 4.90. The largest absolute Gasteiger partial charge is 0.493 e. The quantitative estimate of drug-likeness (QED) is 0.866. The minimum Gasteiger partial charge on any atom is -0.493 e. The van der Waals surface area contributed by atoms with Crippen molar-refractivity contribution in [2.75, 3.05) is 14.2 Å². The monoisotopic (exact) mass is 244 g/mol. The van der Waals surface area contributed by atoms with Gasteiger partial charge in [0, 0.05) is 0 Å². The molecule has 0 saturated heterocycles. The van der Waals surface area contributed by atoms with Crippen molar-refractivity contribution in [2.24, 2.45) is 0 Å². The van der Waals surface area contributed by atoms with E-state index in [0.29, 0.717) is 22.9 Å². The molecule has 1 aromatic rings. The third-order valence-corrected chi connectivity index (χ3v) is 2.81. The van der Waals surface area contributed by atoms with Crippen LogP contribution in [0.4, 0.5) is 0 Å². The molecular weight excluding hydrogens is 228 g/mol. The first-order valence-corrected chi connectivity index (χ1v) is 5.55. The fourth-order valence-corrected chi connectivity index (χ4v) is 1.82. The predicted molar refractivity (Wildman–Crippen MR) is 64.6 cm³/mol. The lowest BCUT2D eigenvalue weighted by Gasteiger charge is -2.13. The van der Waals surface area contributed by atoms with E-state index in [-0.39, 0.29) is 6.10 Å². The minimum absolute atomic E-state index is 0.329. The van der Waals surface area contributed by atoms with Gasteiger partial charge in [-0.1, -0.05) is 17.7 Å². The van der Waals surface area contributed by atoms with E-state index in [0.717, 1.165) is 12.0 Å². The smallest absolute Gasteiger partial charge is 0.179 e. The Balaban J connectivity index is 2.95. The second-order valence-corrected chi connectivity index (χ2v) is 4.04. The van der Waals surface area contributed by atoms with Gasteiger partial charge < -0.3 is 14.6 Å². The van der Waals surface area contributed by atoms with Gasteiger partial charge in [0.25, 0.3) is 0 Å². The molecule has 1 atom stereocenters. The number of ether oxygens (including phenoxy) is 2. The van der Waals surface area contributed by atoms with Crippen molar-refractivity contribution in [1.82, 2.24) is 0 Å². The van der Waals surface area contributed by atoms with E-state index >= 15 is 0 Å². The van der Waals surface area contributed by atoms with Crippen molar-refractivity contribution in [3.63, 3.8) is 0 Å². The van der Waals surface area contributed by atoms with Crippen LogP contribution in [0.25, 0.3) is 0 Å². The van der Waals surface area contributed by atoms with E-state index in [2.05, 4.69) is 0 Å². The van der Waals surface area contributed by atoms with Crippen molar-refractivity contribution in [2.45, 2.75) is 25.9 Å². The molecule has 3 nitrogen and oxygen atoms in total. The summed E-state index contributed by atoms with van der Waals surface area (Å²) in [6, 6.07) is 3.72. The van der Waals surface area contributed by atoms with Crippen LogP contribution in [-0.2, 0) is 6.42 Å². The summed E-state index contributed by atoms with van der Waals surface area (Å²) >= 11 is 6.19. The normalized spacial score (nSPS) is 12.3. The maximum absolute atomic E-state index is 9.23. The Bertz CT molecular complexity index is 350. The second-order valence-electron chi connectivity index (χ2n) is 3.66. The van der Waals surface area contributed by atoms with Crippen LogP contribution in [0.3, 0.4) is 0 Å². The molecule has 0 radical (unpaired) electrons. The van der Waals surface area contributed by atoms with Gasteiger partial charge in [-0.05, 0) is 31.4 Å². The van der Waals surface area contributed by atoms with Gasteiger partial charge in [-0.2, -0.15) is 0 Å². The number of hydrogen-bond donors (Lipinski definition) is 1. The maximum Gasteiger partial charge on any atom is 0.179 e. The summed E-state index contributed by atoms with van der Waals surface area (Å²) in [5, 5.41) is 9.79. The number of hydrogen-bond acceptors (Lipinski definition) is 3. The number of aliphatic hydroxyl groups is 1. The van der Waals surface area contributed by atoms with Crippen molar-refractivity contribution >= 4 is 11.6 Å². The highest BCUT2D eigenvalue weighted by molar-refractivity contribution is 6.33. The van der Waals surface area contributed by atoms with E-state index in [9.17, 15) is 5.11 Å². The summed E-state index contributed by atoms with van der Waals surface area (Å²) in [5.74, 6) is 1.17. The van der Waals surface area contributed by atoms with Gasteiger partial charge in [0.2, 0.25) is 0 Å². The Morgan fingerprint density at radius 3 is 2.50 bits per heavy atom. The first kappa shape index (κ1) is 13.1. The highest BCUT2D eigenvalue weighted by Gasteiger charge is 2.13. The SMILES string of the molecule is COc1ccc(CC[C@@H](C)O)c(Cl)c1OC. The molecule has 0 aliphatic rings. The van der Waals surface area contributed by atoms with Crippen LogP contribution in [-0.4, -0.2) is 25.4 Å². The van der Waals surface area contributed by atoms with E-state index in [1.165, 1.54) is 0 Å². The third kappa shape index (κ3) is 3.03. The molecule has 0 bridgehead atoms. The van der Waals surface area contributed by atoms with Crippen LogP contribution < -0.4 is 9.47 Å².